The van der Waals surface area contributed by atoms with Gasteiger partial charge in [0.2, 0.25) is 0 Å². The van der Waals surface area contributed by atoms with E-state index in [1.54, 1.807) is 0 Å². The Labute approximate surface area is 61.5 Å². The van der Waals surface area contributed by atoms with Crippen LogP contribution in [0.2, 0.25) is 0 Å². The minimum Gasteiger partial charge on any atom is -0.228 e. The molecule has 0 aromatic heterocycles. The third kappa shape index (κ3) is 0.729. The van der Waals surface area contributed by atoms with E-state index in [9.17, 15) is 8.42 Å². The average molecular weight is 160 g/mol. The van der Waals surface area contributed by atoms with Crippen LogP contribution in [0.1, 0.15) is 32.1 Å². The molecule has 2 rings (SSSR count). The Bertz CT molecular complexity index is 208. The Morgan fingerprint density at radius 2 is 1.40 bits per heavy atom. The van der Waals surface area contributed by atoms with E-state index < -0.39 is 9.84 Å². The van der Waals surface area contributed by atoms with Crippen LogP contribution in [-0.4, -0.2) is 18.9 Å². The molecule has 0 aromatic rings. The van der Waals surface area contributed by atoms with Crippen LogP contribution in [0.15, 0.2) is 0 Å². The molecule has 2 saturated heterocycles. The SMILES string of the molecule is O=S1(=O)C2CCCC1CC2. The van der Waals surface area contributed by atoms with E-state index in [0.29, 0.717) is 0 Å². The van der Waals surface area contributed by atoms with E-state index in [2.05, 4.69) is 0 Å². The summed E-state index contributed by atoms with van der Waals surface area (Å²) in [5.74, 6) is 0. The first-order valence-corrected chi connectivity index (χ1v) is 5.55. The molecule has 58 valence electrons. The van der Waals surface area contributed by atoms with Crippen LogP contribution >= 0.6 is 0 Å². The molecule has 0 saturated carbocycles. The molecule has 0 spiro atoms. The molecule has 2 nitrogen and oxygen atoms in total. The van der Waals surface area contributed by atoms with Crippen molar-refractivity contribution in [2.45, 2.75) is 42.6 Å². The van der Waals surface area contributed by atoms with Gasteiger partial charge in [0.05, 0.1) is 10.5 Å². The fraction of sp³-hybridized carbons (Fsp3) is 1.00. The molecule has 10 heavy (non-hydrogen) atoms. The zero-order valence-corrected chi connectivity index (χ0v) is 6.73. The van der Waals surface area contributed by atoms with Crippen LogP contribution in [-0.2, 0) is 9.84 Å². The quantitative estimate of drug-likeness (QED) is 0.532. The first-order valence-electron chi connectivity index (χ1n) is 3.94. The van der Waals surface area contributed by atoms with Crippen LogP contribution in [0, 0.1) is 0 Å². The second kappa shape index (κ2) is 1.97. The largest absolute Gasteiger partial charge is 0.228 e. The van der Waals surface area contributed by atoms with Crippen molar-refractivity contribution in [1.29, 1.82) is 0 Å². The fourth-order valence-electron chi connectivity index (χ4n) is 2.16. The molecule has 2 aliphatic rings. The topological polar surface area (TPSA) is 34.1 Å². The first kappa shape index (κ1) is 6.65. The lowest BCUT2D eigenvalue weighted by molar-refractivity contribution is 0.545. The molecule has 2 unspecified atom stereocenters. The number of hydrogen-bond donors (Lipinski definition) is 0. The van der Waals surface area contributed by atoms with Gasteiger partial charge in [0.25, 0.3) is 0 Å². The van der Waals surface area contributed by atoms with Crippen molar-refractivity contribution >= 4 is 9.84 Å². The summed E-state index contributed by atoms with van der Waals surface area (Å²) in [6.07, 6.45) is 4.87. The number of fused-ring (bicyclic) bond motifs is 2. The van der Waals surface area contributed by atoms with Gasteiger partial charge in [0, 0.05) is 0 Å². The van der Waals surface area contributed by atoms with Crippen LogP contribution in [0.4, 0.5) is 0 Å². The van der Waals surface area contributed by atoms with Gasteiger partial charge in [-0.2, -0.15) is 0 Å². The van der Waals surface area contributed by atoms with Gasteiger partial charge in [-0.1, -0.05) is 6.42 Å². The Hall–Kier alpha value is -0.0500. The number of hydrogen-bond acceptors (Lipinski definition) is 2. The maximum atomic E-state index is 11.4. The van der Waals surface area contributed by atoms with Crippen molar-refractivity contribution in [3.63, 3.8) is 0 Å². The van der Waals surface area contributed by atoms with Crippen molar-refractivity contribution in [3.05, 3.63) is 0 Å². The van der Waals surface area contributed by atoms with Crippen molar-refractivity contribution in [2.75, 3.05) is 0 Å². The minimum absolute atomic E-state index is 0.0475. The fourth-order valence-corrected chi connectivity index (χ4v) is 4.63. The molecule has 0 aliphatic carbocycles. The van der Waals surface area contributed by atoms with Crippen LogP contribution in [0.25, 0.3) is 0 Å². The van der Waals surface area contributed by atoms with Gasteiger partial charge in [-0.3, -0.25) is 0 Å². The van der Waals surface area contributed by atoms with Gasteiger partial charge in [0.15, 0.2) is 9.84 Å². The zero-order chi connectivity index (χ0) is 7.19. The normalized spacial score (nSPS) is 43.6. The van der Waals surface area contributed by atoms with Gasteiger partial charge in [-0.15, -0.1) is 0 Å². The van der Waals surface area contributed by atoms with E-state index in [4.69, 9.17) is 0 Å². The monoisotopic (exact) mass is 160 g/mol. The van der Waals surface area contributed by atoms with Crippen LogP contribution < -0.4 is 0 Å². The predicted molar refractivity (Wildman–Crippen MR) is 39.6 cm³/mol. The highest BCUT2D eigenvalue weighted by atomic mass is 32.2. The Morgan fingerprint density at radius 1 is 0.900 bits per heavy atom. The third-order valence-electron chi connectivity index (χ3n) is 2.79. The van der Waals surface area contributed by atoms with Crippen LogP contribution in [0.3, 0.4) is 0 Å². The van der Waals surface area contributed by atoms with Crippen molar-refractivity contribution in [2.24, 2.45) is 0 Å². The lowest BCUT2D eigenvalue weighted by atomic mass is 10.2. The van der Waals surface area contributed by atoms with E-state index in [1.165, 1.54) is 0 Å². The lowest BCUT2D eigenvalue weighted by Gasteiger charge is -2.18. The highest BCUT2D eigenvalue weighted by Crippen LogP contribution is 2.37. The molecule has 2 heterocycles. The molecule has 2 bridgehead atoms. The molecular formula is C7H12O2S. The second-order valence-electron chi connectivity index (χ2n) is 3.34. The summed E-state index contributed by atoms with van der Waals surface area (Å²) in [4.78, 5) is 0. The van der Waals surface area contributed by atoms with Crippen molar-refractivity contribution in [1.82, 2.24) is 0 Å². The third-order valence-corrected chi connectivity index (χ3v) is 5.59. The summed E-state index contributed by atoms with van der Waals surface area (Å²) in [5.41, 5.74) is 0. The van der Waals surface area contributed by atoms with Gasteiger partial charge < -0.3 is 0 Å². The molecule has 2 aliphatic heterocycles. The minimum atomic E-state index is -2.63. The van der Waals surface area contributed by atoms with Crippen molar-refractivity contribution in [3.8, 4) is 0 Å². The van der Waals surface area contributed by atoms with Gasteiger partial charge in [0.1, 0.15) is 0 Å². The molecular weight excluding hydrogens is 148 g/mol. The summed E-state index contributed by atoms with van der Waals surface area (Å²) in [5, 5.41) is 0.0949. The number of sulfone groups is 1. The molecule has 0 N–H and O–H groups in total. The van der Waals surface area contributed by atoms with E-state index in [0.717, 1.165) is 32.1 Å². The zero-order valence-electron chi connectivity index (χ0n) is 5.91. The van der Waals surface area contributed by atoms with E-state index >= 15 is 0 Å². The lowest BCUT2D eigenvalue weighted by Crippen LogP contribution is -2.27. The predicted octanol–water partition coefficient (Wildman–Crippen LogP) is 1.12. The Balaban J connectivity index is 2.39. The van der Waals surface area contributed by atoms with Gasteiger partial charge in [-0.25, -0.2) is 8.42 Å². The van der Waals surface area contributed by atoms with Gasteiger partial charge >= 0.3 is 0 Å². The van der Waals surface area contributed by atoms with Crippen LogP contribution in [0.5, 0.6) is 0 Å². The molecule has 2 atom stereocenters. The Morgan fingerprint density at radius 3 is 1.80 bits per heavy atom. The highest BCUT2D eigenvalue weighted by molar-refractivity contribution is 7.93. The smallest absolute Gasteiger partial charge is 0.156 e. The Kier molecular flexibility index (Phi) is 1.31. The standard InChI is InChI=1S/C7H12O2S/c8-10(9)6-2-1-3-7(10)5-4-6/h6-7H,1-5H2. The summed E-state index contributed by atoms with van der Waals surface area (Å²) < 4.78 is 22.8. The van der Waals surface area contributed by atoms with Gasteiger partial charge in [-0.05, 0) is 25.7 Å². The summed E-state index contributed by atoms with van der Waals surface area (Å²) in [6, 6.07) is 0. The second-order valence-corrected chi connectivity index (χ2v) is 5.85. The maximum Gasteiger partial charge on any atom is 0.156 e. The molecule has 0 radical (unpaired) electrons. The molecule has 0 aromatic carbocycles. The number of rotatable bonds is 0. The first-order chi connectivity index (χ1) is 4.71. The molecule has 3 heteroatoms. The van der Waals surface area contributed by atoms with E-state index in [-0.39, 0.29) is 10.5 Å². The van der Waals surface area contributed by atoms with Crippen molar-refractivity contribution < 1.29 is 8.42 Å². The highest BCUT2D eigenvalue weighted by Gasteiger charge is 2.42. The summed E-state index contributed by atoms with van der Waals surface area (Å²) in [7, 11) is -2.63. The molecule has 2 fully saturated rings. The van der Waals surface area contributed by atoms with E-state index in [1.807, 2.05) is 0 Å². The summed E-state index contributed by atoms with van der Waals surface area (Å²) in [6.45, 7) is 0. The summed E-state index contributed by atoms with van der Waals surface area (Å²) >= 11 is 0. The molecule has 0 amide bonds. The maximum absolute atomic E-state index is 11.4. The average Bonchev–Trinajstić information content (AvgIpc) is 2.17.